The van der Waals surface area contributed by atoms with Crippen LogP contribution in [0.25, 0.3) is 0 Å². The molecule has 6 heteroatoms. The molecule has 6 nitrogen and oxygen atoms in total. The lowest BCUT2D eigenvalue weighted by Crippen LogP contribution is -2.33. The fourth-order valence-electron chi connectivity index (χ4n) is 1.45. The molecule has 1 heterocycles. The van der Waals surface area contributed by atoms with Crippen molar-refractivity contribution in [3.05, 3.63) is 23.9 Å². The molecule has 2 N–H and O–H groups in total. The Hall–Kier alpha value is -1.66. The monoisotopic (exact) mass is 266 g/mol. The van der Waals surface area contributed by atoms with Crippen LogP contribution in [-0.4, -0.2) is 58.3 Å². The first kappa shape index (κ1) is 15.4. The van der Waals surface area contributed by atoms with Crippen LogP contribution in [0.1, 0.15) is 10.4 Å². The van der Waals surface area contributed by atoms with Crippen molar-refractivity contribution in [1.29, 1.82) is 0 Å². The molecule has 0 atom stereocenters. The molecule has 19 heavy (non-hydrogen) atoms. The summed E-state index contributed by atoms with van der Waals surface area (Å²) < 4.78 is 4.91. The van der Waals surface area contributed by atoms with Gasteiger partial charge in [-0.2, -0.15) is 0 Å². The normalized spacial score (nSPS) is 10.3. The second-order valence-corrected chi connectivity index (χ2v) is 4.30. The number of methoxy groups -OCH3 is 1. The van der Waals surface area contributed by atoms with E-state index in [9.17, 15) is 4.79 Å². The highest BCUT2D eigenvalue weighted by atomic mass is 16.5. The Balaban J connectivity index is 2.29. The topological polar surface area (TPSA) is 66.5 Å². The second kappa shape index (κ2) is 8.44. The highest BCUT2D eigenvalue weighted by Crippen LogP contribution is 2.07. The number of amides is 1. The van der Waals surface area contributed by atoms with Gasteiger partial charge in [0.05, 0.1) is 12.2 Å². The highest BCUT2D eigenvalue weighted by Gasteiger charge is 2.05. The lowest BCUT2D eigenvalue weighted by molar-refractivity contribution is 0.0953. The Morgan fingerprint density at radius 1 is 1.32 bits per heavy atom. The van der Waals surface area contributed by atoms with Crippen molar-refractivity contribution in [1.82, 2.24) is 15.6 Å². The van der Waals surface area contributed by atoms with E-state index in [1.54, 1.807) is 19.4 Å². The number of carbonyl (C=O) groups excluding carboxylic acids is 1. The predicted octanol–water partition coefficient (Wildman–Crippen LogP) is 0.113. The zero-order valence-electron chi connectivity index (χ0n) is 11.8. The Labute approximate surface area is 114 Å². The number of carbonyl (C=O) groups is 1. The molecule has 1 aromatic rings. The maximum absolute atomic E-state index is 11.8. The molecule has 106 valence electrons. The number of ether oxygens (including phenoxy) is 1. The predicted molar refractivity (Wildman–Crippen MR) is 75.6 cm³/mol. The second-order valence-electron chi connectivity index (χ2n) is 4.30. The van der Waals surface area contributed by atoms with Crippen molar-refractivity contribution in [2.24, 2.45) is 0 Å². The number of anilines is 1. The van der Waals surface area contributed by atoms with Gasteiger partial charge < -0.3 is 20.3 Å². The minimum absolute atomic E-state index is 0.105. The number of hydrogen-bond donors (Lipinski definition) is 2. The molecule has 0 unspecified atom stereocenters. The van der Waals surface area contributed by atoms with Gasteiger partial charge in [0.1, 0.15) is 5.82 Å². The highest BCUT2D eigenvalue weighted by molar-refractivity contribution is 5.94. The van der Waals surface area contributed by atoms with Gasteiger partial charge in [0, 0.05) is 47.0 Å². The lowest BCUT2D eigenvalue weighted by Gasteiger charge is -2.11. The maximum Gasteiger partial charge on any atom is 0.252 e. The molecule has 0 saturated heterocycles. The van der Waals surface area contributed by atoms with Crippen molar-refractivity contribution >= 4 is 11.7 Å². The fraction of sp³-hybridized carbons (Fsp3) is 0.538. The third kappa shape index (κ3) is 5.67. The molecule has 0 radical (unpaired) electrons. The molecule has 0 bridgehead atoms. The summed E-state index contributed by atoms with van der Waals surface area (Å²) >= 11 is 0. The molecule has 0 aliphatic carbocycles. The number of aromatic nitrogens is 1. The third-order valence-corrected chi connectivity index (χ3v) is 2.54. The van der Waals surface area contributed by atoms with Crippen LogP contribution < -0.4 is 15.5 Å². The molecule has 0 saturated carbocycles. The van der Waals surface area contributed by atoms with Crippen molar-refractivity contribution in [2.75, 3.05) is 52.3 Å². The summed E-state index contributed by atoms with van der Waals surface area (Å²) in [6.45, 7) is 2.76. The van der Waals surface area contributed by atoms with Gasteiger partial charge in [-0.05, 0) is 12.1 Å². The minimum atomic E-state index is -0.105. The number of nitrogens with one attached hydrogen (secondary N) is 2. The Morgan fingerprint density at radius 2 is 2.11 bits per heavy atom. The van der Waals surface area contributed by atoms with Gasteiger partial charge in [-0.25, -0.2) is 4.98 Å². The van der Waals surface area contributed by atoms with Crippen LogP contribution in [0.5, 0.6) is 0 Å². The zero-order chi connectivity index (χ0) is 14.1. The summed E-state index contributed by atoms with van der Waals surface area (Å²) in [6, 6.07) is 3.60. The molecule has 0 fully saturated rings. The third-order valence-electron chi connectivity index (χ3n) is 2.54. The molecule has 0 spiro atoms. The van der Waals surface area contributed by atoms with E-state index in [1.807, 2.05) is 25.1 Å². The van der Waals surface area contributed by atoms with E-state index in [2.05, 4.69) is 15.6 Å². The van der Waals surface area contributed by atoms with Gasteiger partial charge in [0.25, 0.3) is 5.91 Å². The van der Waals surface area contributed by atoms with E-state index in [0.29, 0.717) is 18.7 Å². The van der Waals surface area contributed by atoms with Gasteiger partial charge in [-0.3, -0.25) is 4.79 Å². The quantitative estimate of drug-likeness (QED) is 0.654. The summed E-state index contributed by atoms with van der Waals surface area (Å²) in [6.07, 6.45) is 1.59. The van der Waals surface area contributed by atoms with Crippen LogP contribution in [-0.2, 0) is 4.74 Å². The summed E-state index contributed by atoms with van der Waals surface area (Å²) in [5.41, 5.74) is 0.572. The Bertz CT molecular complexity index is 379. The molecule has 0 aliphatic rings. The average Bonchev–Trinajstić information content (AvgIpc) is 2.42. The standard InChI is InChI=1S/C13H22N4O2/c1-17(2)12-5-4-11(10-16-12)13(18)15-7-6-14-8-9-19-3/h4-5,10,14H,6-9H2,1-3H3,(H,15,18). The van der Waals surface area contributed by atoms with E-state index in [0.717, 1.165) is 18.9 Å². The lowest BCUT2D eigenvalue weighted by atomic mass is 10.2. The number of hydrogen-bond acceptors (Lipinski definition) is 5. The summed E-state index contributed by atoms with van der Waals surface area (Å²) in [7, 11) is 5.48. The van der Waals surface area contributed by atoms with Gasteiger partial charge >= 0.3 is 0 Å². The van der Waals surface area contributed by atoms with Crippen molar-refractivity contribution in [3.63, 3.8) is 0 Å². The van der Waals surface area contributed by atoms with E-state index in [-0.39, 0.29) is 5.91 Å². The smallest absolute Gasteiger partial charge is 0.252 e. The first-order chi connectivity index (χ1) is 9.15. The van der Waals surface area contributed by atoms with Crippen LogP contribution in [0.15, 0.2) is 18.3 Å². The van der Waals surface area contributed by atoms with E-state index >= 15 is 0 Å². The van der Waals surface area contributed by atoms with Gasteiger partial charge in [-0.15, -0.1) is 0 Å². The summed E-state index contributed by atoms with van der Waals surface area (Å²) in [5.74, 6) is 0.726. The molecule has 1 amide bonds. The molecule has 1 aromatic heterocycles. The molecule has 0 aliphatic heterocycles. The van der Waals surface area contributed by atoms with E-state index in [1.165, 1.54) is 0 Å². The summed E-state index contributed by atoms with van der Waals surface area (Å²) in [4.78, 5) is 17.9. The number of nitrogens with zero attached hydrogens (tertiary/aromatic N) is 2. The largest absolute Gasteiger partial charge is 0.383 e. The van der Waals surface area contributed by atoms with Crippen LogP contribution in [0.4, 0.5) is 5.82 Å². The first-order valence-electron chi connectivity index (χ1n) is 6.26. The summed E-state index contributed by atoms with van der Waals surface area (Å²) in [5, 5.41) is 5.98. The minimum Gasteiger partial charge on any atom is -0.383 e. The zero-order valence-corrected chi connectivity index (χ0v) is 11.8. The van der Waals surface area contributed by atoms with Crippen LogP contribution >= 0.6 is 0 Å². The molecule has 0 aromatic carbocycles. The number of pyridine rings is 1. The van der Waals surface area contributed by atoms with Crippen molar-refractivity contribution < 1.29 is 9.53 Å². The number of rotatable bonds is 8. The molecular formula is C13H22N4O2. The SMILES string of the molecule is COCCNCCNC(=O)c1ccc(N(C)C)nc1. The Kier molecular flexibility index (Phi) is 6.84. The van der Waals surface area contributed by atoms with E-state index < -0.39 is 0 Å². The molecule has 1 rings (SSSR count). The fourth-order valence-corrected chi connectivity index (χ4v) is 1.45. The van der Waals surface area contributed by atoms with Crippen LogP contribution in [0.2, 0.25) is 0 Å². The van der Waals surface area contributed by atoms with Crippen LogP contribution in [0, 0.1) is 0 Å². The first-order valence-corrected chi connectivity index (χ1v) is 6.26. The molecular weight excluding hydrogens is 244 g/mol. The average molecular weight is 266 g/mol. The van der Waals surface area contributed by atoms with Crippen LogP contribution in [0.3, 0.4) is 0 Å². The Morgan fingerprint density at radius 3 is 2.68 bits per heavy atom. The van der Waals surface area contributed by atoms with Crippen molar-refractivity contribution in [2.45, 2.75) is 0 Å². The van der Waals surface area contributed by atoms with Gasteiger partial charge in [0.2, 0.25) is 0 Å². The van der Waals surface area contributed by atoms with Gasteiger partial charge in [0.15, 0.2) is 0 Å². The van der Waals surface area contributed by atoms with Crippen molar-refractivity contribution in [3.8, 4) is 0 Å². The maximum atomic E-state index is 11.8. The van der Waals surface area contributed by atoms with Gasteiger partial charge in [-0.1, -0.05) is 0 Å². The van der Waals surface area contributed by atoms with E-state index in [4.69, 9.17) is 4.74 Å².